The lowest BCUT2D eigenvalue weighted by Crippen LogP contribution is -2.58. The summed E-state index contributed by atoms with van der Waals surface area (Å²) in [5.74, 6) is -0.304. The summed E-state index contributed by atoms with van der Waals surface area (Å²) < 4.78 is 34.7. The number of nitrogens with zero attached hydrogens (tertiary/aromatic N) is 11. The van der Waals surface area contributed by atoms with Crippen molar-refractivity contribution in [2.45, 2.75) is 204 Å². The van der Waals surface area contributed by atoms with E-state index in [4.69, 9.17) is 66.0 Å². The van der Waals surface area contributed by atoms with Gasteiger partial charge in [-0.15, -0.1) is 27.7 Å². The molecule has 8 amide bonds. The number of likely N-dealkylation sites (tertiary alicyclic amines) is 2. The lowest BCUT2D eigenvalue weighted by atomic mass is 9.85. The van der Waals surface area contributed by atoms with Gasteiger partial charge >= 0.3 is 0 Å². The third-order valence-corrected chi connectivity index (χ3v) is 26.4. The van der Waals surface area contributed by atoms with E-state index in [1.165, 1.54) is 16.0 Å². The highest BCUT2D eigenvalue weighted by atomic mass is 32.1. The molecular formula is C100H123N15O14S4. The molecule has 0 spiro atoms. The van der Waals surface area contributed by atoms with Gasteiger partial charge in [-0.3, -0.25) is 48.2 Å². The third-order valence-electron chi connectivity index (χ3n) is 23.7. The Kier molecular flexibility index (Phi) is 36.0. The molecule has 0 bridgehead atoms. The van der Waals surface area contributed by atoms with E-state index in [-0.39, 0.29) is 78.1 Å². The standard InChI is InChI=1S/C50H62N8O7S2.C50H61N7O7S2/c1-32-25-40(45(60)53-27-35-13-15-36(16-14-35)42-34(3)54-31-67-42)56(29-32)46(61)43(49(4,5)6)55-41(59)30-64-23-12-22-63-21-10-11-24-65-39-19-17-37(18-20-39)58-48(66)57(47(62)50(58,7)8)38-26-33(2)44(51-9)52-28-38;1-32(2)44(47(60)55-29-33(3)26-42(55)46(59)52-28-36-12-14-37(15-13-36)45-35(5)53-31-66-45)54-43(58)30-63-24-11-23-62-22-9-10-25-64-40-19-16-38(17-20-40)57-49(65)56(48(61)50(57,6)7)39-18-21-41(51-8)34(4)27-39/h13-20,26,28,31-32,40,43H,10-12,21-25,27,29-30H2,1-8H3,(H,53,60)(H,55,59);12-21,27,31-33,42,44H,9-11,22-26,28-30H2,1-7H3,(H,52,59)(H,54,58)/t32-,40+,43-;33-,42+,44+/m11/s1. The summed E-state index contributed by atoms with van der Waals surface area (Å²) in [6.07, 6.45) is 6.97. The van der Waals surface area contributed by atoms with Crippen LogP contribution in [0.3, 0.4) is 0 Å². The lowest BCUT2D eigenvalue weighted by molar-refractivity contribution is -0.144. The highest BCUT2D eigenvalue weighted by Crippen LogP contribution is 2.42. The molecule has 0 saturated carbocycles. The molecule has 6 atom stereocenters. The average molecular weight is 1890 g/mol. The first kappa shape index (κ1) is 102. The highest BCUT2D eigenvalue weighted by Gasteiger charge is 2.53. The van der Waals surface area contributed by atoms with E-state index in [2.05, 4.69) is 45.9 Å². The van der Waals surface area contributed by atoms with Crippen LogP contribution in [-0.4, -0.2) is 197 Å². The van der Waals surface area contributed by atoms with Gasteiger partial charge in [-0.2, -0.15) is 0 Å². The SMILES string of the molecule is [C-]#[N+]c1ccc(N2C(=O)C(C)(C)N(c3ccc(OCCCCOCCCOCC(=O)N[C@H](C(=O)N4C[C@H](C)C[C@H]4C(=O)NCc4ccc(-c5scnc5C)cc4)C(C)C)cc3)C2=S)cc1C.[C-]#[N+]c1ncc(N2C(=O)C(C)(C)N(c3ccc(OCCCCOCCCOCC(=O)N[C@H](C(=O)N4C[C@H](C)C[C@H]4C(=O)NCc4ccc(-c5scnc5C)cc4)C(C)(C)C)cc3)C2=S)cc1C. The molecule has 29 nitrogen and oxygen atoms in total. The van der Waals surface area contributed by atoms with Crippen LogP contribution in [0.15, 0.2) is 139 Å². The van der Waals surface area contributed by atoms with Crippen molar-refractivity contribution >= 4 is 139 Å². The van der Waals surface area contributed by atoms with Crippen LogP contribution in [0.1, 0.15) is 161 Å². The molecular weight excluding hydrogens is 1760 g/mol. The number of anilines is 4. The largest absolute Gasteiger partial charge is 0.494 e. The van der Waals surface area contributed by atoms with Crippen molar-refractivity contribution < 1.29 is 66.8 Å². The summed E-state index contributed by atoms with van der Waals surface area (Å²) in [5.41, 5.74) is 11.9. The van der Waals surface area contributed by atoms with Crippen molar-refractivity contribution in [2.24, 2.45) is 23.2 Å². The first-order valence-corrected chi connectivity index (χ1v) is 47.8. The maximum absolute atomic E-state index is 14.1. The van der Waals surface area contributed by atoms with Crippen LogP contribution < -0.4 is 50.3 Å². The molecule has 12 rings (SSSR count). The van der Waals surface area contributed by atoms with E-state index >= 15 is 0 Å². The van der Waals surface area contributed by atoms with Crippen LogP contribution in [0.5, 0.6) is 11.5 Å². The molecule has 0 unspecified atom stereocenters. The van der Waals surface area contributed by atoms with Gasteiger partial charge in [-0.05, 0) is 254 Å². The number of thiazole rings is 2. The number of hydrogen-bond acceptors (Lipinski definition) is 21. The second-order valence-corrected chi connectivity index (χ2v) is 39.0. The van der Waals surface area contributed by atoms with Crippen molar-refractivity contribution in [1.29, 1.82) is 0 Å². The molecule has 0 radical (unpaired) electrons. The van der Waals surface area contributed by atoms with Gasteiger partial charge in [0.2, 0.25) is 35.4 Å². The number of carbonyl (C=O) groups is 8. The fourth-order valence-electron chi connectivity index (χ4n) is 16.4. The van der Waals surface area contributed by atoms with E-state index in [0.717, 1.165) is 86.0 Å². The molecule has 5 aromatic carbocycles. The number of nitrogens with one attached hydrogen (secondary N) is 4. The zero-order chi connectivity index (χ0) is 96.0. The summed E-state index contributed by atoms with van der Waals surface area (Å²) in [6, 6.07) is 35.2. The second kappa shape index (κ2) is 46.9. The number of benzene rings is 5. The quantitative estimate of drug-likeness (QED) is 0.0157. The average Bonchev–Trinajstić information content (AvgIpc) is 1.59. The Morgan fingerprint density at radius 2 is 0.932 bits per heavy atom. The van der Waals surface area contributed by atoms with Crippen LogP contribution in [0.2, 0.25) is 0 Å². The van der Waals surface area contributed by atoms with E-state index in [9.17, 15) is 38.4 Å². The number of ether oxygens (including phenoxy) is 6. The number of pyridine rings is 1. The molecule has 4 aliphatic rings. The van der Waals surface area contributed by atoms with Gasteiger partial charge in [-0.1, -0.05) is 110 Å². The van der Waals surface area contributed by atoms with Crippen LogP contribution in [-0.2, 0) is 70.4 Å². The highest BCUT2D eigenvalue weighted by molar-refractivity contribution is 7.81. The Hall–Kier alpha value is -11.5. The fourth-order valence-corrected chi connectivity index (χ4v) is 19.0. The van der Waals surface area contributed by atoms with E-state index in [1.54, 1.807) is 57.6 Å². The molecule has 3 aromatic heterocycles. The van der Waals surface area contributed by atoms with Crippen LogP contribution in [0.4, 0.5) is 34.3 Å². The smallest absolute Gasteiger partial charge is 0.272 e. The normalized spacial score (nSPS) is 17.3. The van der Waals surface area contributed by atoms with Gasteiger partial charge in [0.25, 0.3) is 17.6 Å². The van der Waals surface area contributed by atoms with Gasteiger partial charge in [-0.25, -0.2) is 14.8 Å². The Balaban J connectivity index is 0.000000256. The number of aryl methyl sites for hydroxylation is 4. The number of rotatable bonds is 41. The van der Waals surface area contributed by atoms with Gasteiger partial charge in [0.1, 0.15) is 66.2 Å². The molecule has 4 saturated heterocycles. The molecule has 706 valence electrons. The number of hydrogen-bond donors (Lipinski definition) is 4. The molecule has 8 aromatic rings. The zero-order valence-electron chi connectivity index (χ0n) is 78.6. The van der Waals surface area contributed by atoms with Crippen LogP contribution >= 0.6 is 47.1 Å². The number of unbranched alkanes of at least 4 members (excludes halogenated alkanes) is 2. The Labute approximate surface area is 799 Å². The summed E-state index contributed by atoms with van der Waals surface area (Å²) in [7, 11) is 0. The predicted octanol–water partition coefficient (Wildman–Crippen LogP) is 16.1. The van der Waals surface area contributed by atoms with Crippen molar-refractivity contribution in [3.63, 3.8) is 0 Å². The lowest BCUT2D eigenvalue weighted by Gasteiger charge is -2.35. The van der Waals surface area contributed by atoms with Gasteiger partial charge in [0, 0.05) is 82.9 Å². The minimum absolute atomic E-state index is 0.130. The van der Waals surface area contributed by atoms with Gasteiger partial charge < -0.3 is 74.1 Å². The van der Waals surface area contributed by atoms with Crippen molar-refractivity contribution in [3.8, 4) is 32.4 Å². The Bertz CT molecular complexity index is 5510. The van der Waals surface area contributed by atoms with E-state index in [0.29, 0.717) is 149 Å². The predicted molar refractivity (Wildman–Crippen MR) is 526 cm³/mol. The van der Waals surface area contributed by atoms with E-state index in [1.807, 2.05) is 221 Å². The molecule has 4 aliphatic heterocycles. The number of aromatic nitrogens is 3. The summed E-state index contributed by atoms with van der Waals surface area (Å²) in [6.45, 7) is 48.0. The molecule has 4 fully saturated rings. The maximum Gasteiger partial charge on any atom is 0.272 e. The Morgan fingerprint density at radius 3 is 1.35 bits per heavy atom. The monoisotopic (exact) mass is 1890 g/mol. The van der Waals surface area contributed by atoms with Crippen LogP contribution in [0, 0.1) is 64.0 Å². The second-order valence-electron chi connectivity index (χ2n) is 36.5. The summed E-state index contributed by atoms with van der Waals surface area (Å²) in [5, 5.41) is 12.5. The molecule has 7 heterocycles. The zero-order valence-corrected chi connectivity index (χ0v) is 81.9. The fraction of sp³-hybridized carbons (Fsp3) is 0.470. The van der Waals surface area contributed by atoms with Gasteiger partial charge in [0.05, 0.1) is 57.6 Å². The van der Waals surface area contributed by atoms with E-state index < -0.39 is 46.6 Å². The minimum atomic E-state index is -0.942. The minimum Gasteiger partial charge on any atom is -0.494 e. The summed E-state index contributed by atoms with van der Waals surface area (Å²) >= 11 is 14.8. The molecule has 0 aliphatic carbocycles. The van der Waals surface area contributed by atoms with Crippen LogP contribution in [0.25, 0.3) is 30.6 Å². The topological polar surface area (TPSA) is 307 Å². The van der Waals surface area contributed by atoms with Crippen molar-refractivity contribution in [2.75, 3.05) is 98.8 Å². The first-order chi connectivity index (χ1) is 63.5. The number of carbonyl (C=O) groups excluding carboxylic acids is 8. The molecule has 4 N–H and O–H groups in total. The number of thiocarbonyl (C=S) groups is 2. The number of amides is 8. The third kappa shape index (κ3) is 26.1. The molecule has 133 heavy (non-hydrogen) atoms. The van der Waals surface area contributed by atoms with Crippen molar-refractivity contribution in [3.05, 3.63) is 195 Å². The molecule has 33 heteroatoms. The first-order valence-electron chi connectivity index (χ1n) is 45.2. The Morgan fingerprint density at radius 1 is 0.519 bits per heavy atom. The van der Waals surface area contributed by atoms with Crippen molar-refractivity contribution in [1.82, 2.24) is 46.0 Å². The summed E-state index contributed by atoms with van der Waals surface area (Å²) in [4.78, 5) is 140. The van der Waals surface area contributed by atoms with Gasteiger partial charge in [0.15, 0.2) is 15.9 Å². The maximum atomic E-state index is 14.1.